The van der Waals surface area contributed by atoms with E-state index in [-0.39, 0.29) is 6.61 Å². The van der Waals surface area contributed by atoms with Gasteiger partial charge in [-0.25, -0.2) is 0 Å². The summed E-state index contributed by atoms with van der Waals surface area (Å²) in [4.78, 5) is 0. The Morgan fingerprint density at radius 2 is 2.00 bits per heavy atom. The van der Waals surface area contributed by atoms with E-state index in [9.17, 15) is 0 Å². The third-order valence-electron chi connectivity index (χ3n) is 1.44. The van der Waals surface area contributed by atoms with Crippen LogP contribution < -0.4 is 0 Å². The lowest BCUT2D eigenvalue weighted by atomic mass is 10.1. The second kappa shape index (κ2) is 4.82. The molecule has 12 heavy (non-hydrogen) atoms. The van der Waals surface area contributed by atoms with Crippen molar-refractivity contribution >= 4 is 11.6 Å². The molecular formula is C10H9ClO. The molecule has 0 amide bonds. The van der Waals surface area contributed by atoms with Crippen LogP contribution in [0.25, 0.3) is 0 Å². The van der Waals surface area contributed by atoms with Crippen molar-refractivity contribution in [2.45, 2.75) is 6.42 Å². The number of aliphatic hydroxyl groups is 1. The van der Waals surface area contributed by atoms with Crippen LogP contribution in [-0.4, -0.2) is 11.7 Å². The summed E-state index contributed by atoms with van der Waals surface area (Å²) in [6.07, 6.45) is 0.597. The van der Waals surface area contributed by atoms with Gasteiger partial charge in [-0.1, -0.05) is 41.6 Å². The van der Waals surface area contributed by atoms with Gasteiger partial charge in [0, 0.05) is 11.4 Å². The third-order valence-corrected chi connectivity index (χ3v) is 1.81. The van der Waals surface area contributed by atoms with Crippen LogP contribution >= 0.6 is 11.6 Å². The number of rotatable bonds is 1. The topological polar surface area (TPSA) is 20.2 Å². The molecule has 0 aliphatic carbocycles. The fourth-order valence-corrected chi connectivity index (χ4v) is 1.06. The first-order valence-electron chi connectivity index (χ1n) is 3.64. The van der Waals surface area contributed by atoms with E-state index in [1.807, 2.05) is 24.3 Å². The van der Waals surface area contributed by atoms with Crippen LogP contribution in [0.1, 0.15) is 5.56 Å². The van der Waals surface area contributed by atoms with Gasteiger partial charge in [-0.05, 0) is 11.6 Å². The van der Waals surface area contributed by atoms with E-state index in [0.717, 1.165) is 10.6 Å². The Hall–Kier alpha value is -0.970. The first-order chi connectivity index (χ1) is 5.84. The number of halogens is 1. The largest absolute Gasteiger partial charge is 0.384 e. The molecule has 0 radical (unpaired) electrons. The van der Waals surface area contributed by atoms with E-state index in [2.05, 4.69) is 11.8 Å². The van der Waals surface area contributed by atoms with Gasteiger partial charge in [-0.3, -0.25) is 0 Å². The Morgan fingerprint density at radius 1 is 1.25 bits per heavy atom. The molecule has 1 aromatic rings. The van der Waals surface area contributed by atoms with Crippen molar-refractivity contribution in [3.63, 3.8) is 0 Å². The van der Waals surface area contributed by atoms with E-state index < -0.39 is 0 Å². The Balaban J connectivity index is 2.69. The molecule has 0 aliphatic heterocycles. The van der Waals surface area contributed by atoms with Crippen LogP contribution in [0.15, 0.2) is 24.3 Å². The van der Waals surface area contributed by atoms with Gasteiger partial charge in [-0.15, -0.1) is 0 Å². The minimum atomic E-state index is -0.0928. The zero-order valence-electron chi connectivity index (χ0n) is 6.55. The van der Waals surface area contributed by atoms with Gasteiger partial charge in [0.15, 0.2) is 0 Å². The Labute approximate surface area is 77.0 Å². The molecule has 0 heterocycles. The standard InChI is InChI=1S/C10H9ClO/c11-10-7-2-1-5-9(10)6-3-4-8-12/h1-2,5,7,12H,6,8H2. The molecule has 62 valence electrons. The smallest absolute Gasteiger partial charge is 0.104 e. The molecule has 0 bridgehead atoms. The summed E-state index contributed by atoms with van der Waals surface area (Å²) in [5.41, 5.74) is 1.00. The summed E-state index contributed by atoms with van der Waals surface area (Å²) in [6.45, 7) is -0.0928. The van der Waals surface area contributed by atoms with Gasteiger partial charge in [0.25, 0.3) is 0 Å². The van der Waals surface area contributed by atoms with Crippen molar-refractivity contribution in [2.75, 3.05) is 6.61 Å². The molecule has 0 spiro atoms. The monoisotopic (exact) mass is 180 g/mol. The van der Waals surface area contributed by atoms with Gasteiger partial charge in [0.05, 0.1) is 0 Å². The zero-order chi connectivity index (χ0) is 8.81. The van der Waals surface area contributed by atoms with E-state index in [4.69, 9.17) is 16.7 Å². The van der Waals surface area contributed by atoms with E-state index in [0.29, 0.717) is 6.42 Å². The summed E-state index contributed by atoms with van der Waals surface area (Å²) >= 11 is 5.87. The number of hydrogen-bond donors (Lipinski definition) is 1. The quantitative estimate of drug-likeness (QED) is 0.655. The minimum absolute atomic E-state index is 0.0928. The molecule has 0 aromatic heterocycles. The average molecular weight is 181 g/mol. The SMILES string of the molecule is OCC#CCc1ccccc1Cl. The first-order valence-corrected chi connectivity index (χ1v) is 4.02. The van der Waals surface area contributed by atoms with E-state index >= 15 is 0 Å². The lowest BCUT2D eigenvalue weighted by Crippen LogP contribution is -1.82. The molecular weight excluding hydrogens is 172 g/mol. The Bertz CT molecular complexity index is 309. The van der Waals surface area contributed by atoms with Crippen molar-refractivity contribution in [3.8, 4) is 11.8 Å². The molecule has 1 nitrogen and oxygen atoms in total. The molecule has 2 heteroatoms. The number of aliphatic hydroxyl groups excluding tert-OH is 1. The average Bonchev–Trinajstić information content (AvgIpc) is 2.09. The highest BCUT2D eigenvalue weighted by Gasteiger charge is 1.94. The van der Waals surface area contributed by atoms with Crippen LogP contribution in [-0.2, 0) is 6.42 Å². The fourth-order valence-electron chi connectivity index (χ4n) is 0.855. The first kappa shape index (κ1) is 9.12. The molecule has 0 unspecified atom stereocenters. The van der Waals surface area contributed by atoms with Crippen molar-refractivity contribution in [1.29, 1.82) is 0 Å². The summed E-state index contributed by atoms with van der Waals surface area (Å²) in [7, 11) is 0. The maximum Gasteiger partial charge on any atom is 0.104 e. The van der Waals surface area contributed by atoms with Gasteiger partial charge >= 0.3 is 0 Å². The predicted molar refractivity (Wildman–Crippen MR) is 50.0 cm³/mol. The molecule has 0 aliphatic rings. The van der Waals surface area contributed by atoms with E-state index in [1.165, 1.54) is 0 Å². The van der Waals surface area contributed by atoms with Crippen LogP contribution in [0, 0.1) is 11.8 Å². The predicted octanol–water partition coefficient (Wildman–Crippen LogP) is 1.88. The molecule has 1 aromatic carbocycles. The Kier molecular flexibility index (Phi) is 3.66. The lowest BCUT2D eigenvalue weighted by molar-refractivity contribution is 0.350. The van der Waals surface area contributed by atoms with Gasteiger partial charge in [0.1, 0.15) is 6.61 Å². The number of hydrogen-bond acceptors (Lipinski definition) is 1. The van der Waals surface area contributed by atoms with Crippen LogP contribution in [0.5, 0.6) is 0 Å². The Morgan fingerprint density at radius 3 is 2.67 bits per heavy atom. The van der Waals surface area contributed by atoms with Crippen LogP contribution in [0.4, 0.5) is 0 Å². The van der Waals surface area contributed by atoms with E-state index in [1.54, 1.807) is 0 Å². The zero-order valence-corrected chi connectivity index (χ0v) is 7.30. The highest BCUT2D eigenvalue weighted by atomic mass is 35.5. The summed E-state index contributed by atoms with van der Waals surface area (Å²) in [5.74, 6) is 5.38. The molecule has 1 rings (SSSR count). The van der Waals surface area contributed by atoms with Crippen LogP contribution in [0.3, 0.4) is 0 Å². The second-order valence-corrected chi connectivity index (χ2v) is 2.69. The van der Waals surface area contributed by atoms with Gasteiger partial charge in [-0.2, -0.15) is 0 Å². The number of benzene rings is 1. The highest BCUT2D eigenvalue weighted by Crippen LogP contribution is 2.14. The summed E-state index contributed by atoms with van der Waals surface area (Å²) < 4.78 is 0. The molecule has 0 fully saturated rings. The van der Waals surface area contributed by atoms with Crippen molar-refractivity contribution in [1.82, 2.24) is 0 Å². The highest BCUT2D eigenvalue weighted by molar-refractivity contribution is 6.31. The summed E-state index contributed by atoms with van der Waals surface area (Å²) in [6, 6.07) is 7.55. The fraction of sp³-hybridized carbons (Fsp3) is 0.200. The molecule has 1 N–H and O–H groups in total. The molecule has 0 atom stereocenters. The van der Waals surface area contributed by atoms with Crippen LogP contribution in [0.2, 0.25) is 5.02 Å². The van der Waals surface area contributed by atoms with Crippen molar-refractivity contribution in [2.24, 2.45) is 0 Å². The molecule has 0 saturated heterocycles. The molecule has 0 saturated carbocycles. The van der Waals surface area contributed by atoms with Gasteiger partial charge in [0.2, 0.25) is 0 Å². The normalized spacial score (nSPS) is 8.83. The van der Waals surface area contributed by atoms with Crippen molar-refractivity contribution < 1.29 is 5.11 Å². The minimum Gasteiger partial charge on any atom is -0.384 e. The lowest BCUT2D eigenvalue weighted by Gasteiger charge is -1.96. The second-order valence-electron chi connectivity index (χ2n) is 2.28. The maximum atomic E-state index is 8.41. The van der Waals surface area contributed by atoms with Gasteiger partial charge < -0.3 is 5.11 Å². The summed E-state index contributed by atoms with van der Waals surface area (Å²) in [5, 5.41) is 9.13. The maximum absolute atomic E-state index is 8.41. The third kappa shape index (κ3) is 2.58. The van der Waals surface area contributed by atoms with Crippen molar-refractivity contribution in [3.05, 3.63) is 34.9 Å².